The van der Waals surface area contributed by atoms with Gasteiger partial charge in [0.15, 0.2) is 0 Å². The molecule has 2 heterocycles. The van der Waals surface area contributed by atoms with Gasteiger partial charge in [-0.2, -0.15) is 0 Å². The maximum absolute atomic E-state index is 4.57. The van der Waals surface area contributed by atoms with Gasteiger partial charge in [-0.1, -0.05) is 12.1 Å². The van der Waals surface area contributed by atoms with Gasteiger partial charge >= 0.3 is 0 Å². The summed E-state index contributed by atoms with van der Waals surface area (Å²) in [5.41, 5.74) is 1.25. The third-order valence-electron chi connectivity index (χ3n) is 3.34. The Kier molecular flexibility index (Phi) is 5.21. The first kappa shape index (κ1) is 13.1. The maximum Gasteiger partial charge on any atom is 0.128 e. The Balaban J connectivity index is 1.82. The second-order valence-electron chi connectivity index (χ2n) is 4.83. The third kappa shape index (κ3) is 3.84. The molecule has 0 radical (unpaired) electrons. The summed E-state index contributed by atoms with van der Waals surface area (Å²) < 4.78 is 0. The minimum absolute atomic E-state index is 0.890. The Bertz CT molecular complexity index is 353. The lowest BCUT2D eigenvalue weighted by molar-refractivity contribution is 0.573. The number of piperidine rings is 1. The Morgan fingerprint density at radius 3 is 2.78 bits per heavy atom. The molecule has 2 rings (SSSR count). The highest BCUT2D eigenvalue weighted by Crippen LogP contribution is 2.17. The third-order valence-corrected chi connectivity index (χ3v) is 3.34. The predicted molar refractivity (Wildman–Crippen MR) is 76.8 cm³/mol. The zero-order valence-electron chi connectivity index (χ0n) is 11.1. The van der Waals surface area contributed by atoms with E-state index in [4.69, 9.17) is 0 Å². The predicted octanol–water partition coefficient (Wildman–Crippen LogP) is 2.74. The molecule has 0 saturated carbocycles. The van der Waals surface area contributed by atoms with Gasteiger partial charge in [0, 0.05) is 25.8 Å². The van der Waals surface area contributed by atoms with Gasteiger partial charge in [-0.3, -0.25) is 0 Å². The second kappa shape index (κ2) is 7.17. The highest BCUT2D eigenvalue weighted by Gasteiger charge is 2.11. The number of aromatic nitrogens is 1. The number of nitrogens with one attached hydrogen (secondary N) is 1. The molecule has 0 atom stereocenters. The van der Waals surface area contributed by atoms with Gasteiger partial charge in [0.1, 0.15) is 5.82 Å². The molecule has 0 aromatic carbocycles. The summed E-state index contributed by atoms with van der Waals surface area (Å²) in [5, 5.41) is 3.38. The fourth-order valence-corrected chi connectivity index (χ4v) is 2.27. The molecule has 1 aliphatic heterocycles. The molecule has 0 bridgehead atoms. The van der Waals surface area contributed by atoms with E-state index in [1.807, 2.05) is 12.3 Å². The number of pyridine rings is 1. The van der Waals surface area contributed by atoms with Gasteiger partial charge in [0.2, 0.25) is 0 Å². The van der Waals surface area contributed by atoms with Crippen LogP contribution in [-0.2, 0) is 6.54 Å². The Morgan fingerprint density at radius 2 is 2.11 bits per heavy atom. The topological polar surface area (TPSA) is 28.2 Å². The van der Waals surface area contributed by atoms with Crippen molar-refractivity contribution in [3.63, 3.8) is 0 Å². The molecule has 0 unspecified atom stereocenters. The van der Waals surface area contributed by atoms with Crippen molar-refractivity contribution in [3.05, 3.63) is 36.5 Å². The molecule has 1 aromatic rings. The van der Waals surface area contributed by atoms with Crippen molar-refractivity contribution in [2.75, 3.05) is 24.5 Å². The summed E-state index contributed by atoms with van der Waals surface area (Å²) in [6, 6.07) is 4.33. The fraction of sp³-hybridized carbons (Fsp3) is 0.533. The van der Waals surface area contributed by atoms with Crippen LogP contribution in [0.1, 0.15) is 31.2 Å². The van der Waals surface area contributed by atoms with Crippen LogP contribution < -0.4 is 10.2 Å². The summed E-state index contributed by atoms with van der Waals surface area (Å²) in [6.07, 6.45) is 8.90. The van der Waals surface area contributed by atoms with Crippen molar-refractivity contribution < 1.29 is 0 Å². The summed E-state index contributed by atoms with van der Waals surface area (Å²) in [7, 11) is 0. The lowest BCUT2D eigenvalue weighted by Crippen LogP contribution is -2.30. The van der Waals surface area contributed by atoms with Crippen LogP contribution in [0, 0.1) is 0 Å². The van der Waals surface area contributed by atoms with Crippen LogP contribution >= 0.6 is 0 Å². The SMILES string of the molecule is C=CCCNCc1ccc(N2CCCCC2)nc1. The van der Waals surface area contributed by atoms with Crippen molar-refractivity contribution >= 4 is 5.82 Å². The van der Waals surface area contributed by atoms with Crippen molar-refractivity contribution in [1.82, 2.24) is 10.3 Å². The monoisotopic (exact) mass is 245 g/mol. The number of rotatable bonds is 6. The van der Waals surface area contributed by atoms with Crippen LogP contribution in [0.5, 0.6) is 0 Å². The molecule has 1 aliphatic rings. The first-order chi connectivity index (χ1) is 8.90. The molecule has 1 aromatic heterocycles. The molecule has 0 amide bonds. The number of anilines is 1. The fourth-order valence-electron chi connectivity index (χ4n) is 2.27. The van der Waals surface area contributed by atoms with Crippen molar-refractivity contribution in [2.45, 2.75) is 32.2 Å². The minimum atomic E-state index is 0.890. The van der Waals surface area contributed by atoms with E-state index >= 15 is 0 Å². The molecule has 3 heteroatoms. The van der Waals surface area contributed by atoms with E-state index in [1.54, 1.807) is 0 Å². The van der Waals surface area contributed by atoms with Gasteiger partial charge in [0.05, 0.1) is 0 Å². The van der Waals surface area contributed by atoms with Crippen LogP contribution in [-0.4, -0.2) is 24.6 Å². The van der Waals surface area contributed by atoms with E-state index in [1.165, 1.54) is 24.8 Å². The van der Waals surface area contributed by atoms with E-state index in [2.05, 4.69) is 33.9 Å². The summed E-state index contributed by atoms with van der Waals surface area (Å²) in [4.78, 5) is 6.95. The lowest BCUT2D eigenvalue weighted by Gasteiger charge is -2.27. The van der Waals surface area contributed by atoms with Crippen molar-refractivity contribution in [2.24, 2.45) is 0 Å². The molecule has 0 aliphatic carbocycles. The average Bonchev–Trinajstić information content (AvgIpc) is 2.45. The van der Waals surface area contributed by atoms with E-state index in [9.17, 15) is 0 Å². The van der Waals surface area contributed by atoms with Crippen LogP contribution in [0.3, 0.4) is 0 Å². The summed E-state index contributed by atoms with van der Waals surface area (Å²) in [6.45, 7) is 7.90. The number of hydrogen-bond acceptors (Lipinski definition) is 3. The van der Waals surface area contributed by atoms with E-state index < -0.39 is 0 Å². The zero-order chi connectivity index (χ0) is 12.6. The summed E-state index contributed by atoms with van der Waals surface area (Å²) >= 11 is 0. The van der Waals surface area contributed by atoms with Crippen LogP contribution in [0.15, 0.2) is 31.0 Å². The molecular weight excluding hydrogens is 222 g/mol. The molecule has 1 fully saturated rings. The zero-order valence-corrected chi connectivity index (χ0v) is 11.1. The lowest BCUT2D eigenvalue weighted by atomic mass is 10.1. The highest BCUT2D eigenvalue weighted by atomic mass is 15.2. The average molecular weight is 245 g/mol. The molecule has 98 valence electrons. The van der Waals surface area contributed by atoms with Gasteiger partial charge in [-0.15, -0.1) is 6.58 Å². The van der Waals surface area contributed by atoms with Crippen LogP contribution in [0.25, 0.3) is 0 Å². The van der Waals surface area contributed by atoms with E-state index in [0.717, 1.165) is 38.4 Å². The Labute approximate surface area is 110 Å². The smallest absolute Gasteiger partial charge is 0.128 e. The standard InChI is InChI=1S/C15H23N3/c1-2-3-9-16-12-14-7-8-15(17-13-14)18-10-5-4-6-11-18/h2,7-8,13,16H,1,3-6,9-12H2. The molecule has 3 nitrogen and oxygen atoms in total. The molecule has 18 heavy (non-hydrogen) atoms. The molecule has 0 spiro atoms. The normalized spacial score (nSPS) is 15.7. The van der Waals surface area contributed by atoms with E-state index in [0.29, 0.717) is 0 Å². The van der Waals surface area contributed by atoms with Crippen LogP contribution in [0.2, 0.25) is 0 Å². The maximum atomic E-state index is 4.57. The van der Waals surface area contributed by atoms with Gasteiger partial charge < -0.3 is 10.2 Å². The van der Waals surface area contributed by atoms with Crippen molar-refractivity contribution in [3.8, 4) is 0 Å². The first-order valence-electron chi connectivity index (χ1n) is 6.91. The molecule has 1 saturated heterocycles. The highest BCUT2D eigenvalue weighted by molar-refractivity contribution is 5.39. The molecule has 1 N–H and O–H groups in total. The first-order valence-corrected chi connectivity index (χ1v) is 6.91. The van der Waals surface area contributed by atoms with Crippen molar-refractivity contribution in [1.29, 1.82) is 0 Å². The quantitative estimate of drug-likeness (QED) is 0.617. The molecular formula is C15H23N3. The number of hydrogen-bond donors (Lipinski definition) is 1. The minimum Gasteiger partial charge on any atom is -0.357 e. The van der Waals surface area contributed by atoms with Gasteiger partial charge in [-0.25, -0.2) is 4.98 Å². The second-order valence-corrected chi connectivity index (χ2v) is 4.83. The Morgan fingerprint density at radius 1 is 1.28 bits per heavy atom. The largest absolute Gasteiger partial charge is 0.357 e. The van der Waals surface area contributed by atoms with Gasteiger partial charge in [0.25, 0.3) is 0 Å². The Hall–Kier alpha value is -1.35. The number of nitrogens with zero attached hydrogens (tertiary/aromatic N) is 2. The van der Waals surface area contributed by atoms with Crippen LogP contribution in [0.4, 0.5) is 5.82 Å². The van der Waals surface area contributed by atoms with E-state index in [-0.39, 0.29) is 0 Å². The summed E-state index contributed by atoms with van der Waals surface area (Å²) in [5.74, 6) is 1.13. The van der Waals surface area contributed by atoms with Gasteiger partial charge in [-0.05, 0) is 43.9 Å².